The lowest BCUT2D eigenvalue weighted by molar-refractivity contribution is 1.49. The van der Waals surface area contributed by atoms with Crippen molar-refractivity contribution in [2.24, 2.45) is 0 Å². The highest BCUT2D eigenvalue weighted by Crippen LogP contribution is 3.04. The SMILES string of the molecule is Cc1ccc(P2(=S)SP(=S)(c3ccc(C)cc3)S2)cc1. The van der Waals surface area contributed by atoms with Crippen LogP contribution in [-0.2, 0) is 23.6 Å². The van der Waals surface area contributed by atoms with Gasteiger partial charge in [0.15, 0.2) is 0 Å². The molecule has 0 radical (unpaired) electrons. The lowest BCUT2D eigenvalue weighted by Crippen LogP contribution is -2.09. The summed E-state index contributed by atoms with van der Waals surface area (Å²) >= 11 is 15.7. The molecule has 1 aliphatic rings. The van der Waals surface area contributed by atoms with Gasteiger partial charge in [0.1, 0.15) is 0 Å². The Morgan fingerprint density at radius 2 is 0.950 bits per heavy atom. The Balaban J connectivity index is 1.86. The smallest absolute Gasteiger partial charge is 0.0685 e. The first-order chi connectivity index (χ1) is 9.41. The molecular formula is C14H14P2S4. The van der Waals surface area contributed by atoms with Gasteiger partial charge in [0.2, 0.25) is 0 Å². The second kappa shape index (κ2) is 5.57. The van der Waals surface area contributed by atoms with E-state index >= 15 is 0 Å². The second-order valence-electron chi connectivity index (χ2n) is 4.83. The molecule has 0 unspecified atom stereocenters. The normalized spacial score (nSPS) is 28.9. The lowest BCUT2D eigenvalue weighted by atomic mass is 10.2. The van der Waals surface area contributed by atoms with Gasteiger partial charge in [0.05, 0.1) is 8.88 Å². The maximum atomic E-state index is 5.91. The Kier molecular flexibility index (Phi) is 4.27. The maximum absolute atomic E-state index is 5.91. The Morgan fingerprint density at radius 1 is 0.650 bits per heavy atom. The van der Waals surface area contributed by atoms with Crippen molar-refractivity contribution in [1.82, 2.24) is 0 Å². The standard InChI is InChI=1S/C14H14P2S4/c1-11-3-7-13(8-4-11)15(17)19-16(18,20-15)14-9-5-12(2)6-10-14/h3-10H,1-2H3. The molecule has 20 heavy (non-hydrogen) atoms. The minimum Gasteiger partial charge on any atom is -0.0685 e. The zero-order valence-corrected chi connectivity index (χ0v) is 16.2. The van der Waals surface area contributed by atoms with Crippen LogP contribution in [0, 0.1) is 13.8 Å². The first kappa shape index (κ1) is 15.3. The summed E-state index contributed by atoms with van der Waals surface area (Å²) in [5.74, 6) is 0. The van der Waals surface area contributed by atoms with Crippen molar-refractivity contribution >= 4 is 65.1 Å². The van der Waals surface area contributed by atoms with Crippen LogP contribution in [0.3, 0.4) is 0 Å². The lowest BCUT2D eigenvalue weighted by Gasteiger charge is -2.40. The summed E-state index contributed by atoms with van der Waals surface area (Å²) in [6.07, 6.45) is 0. The molecule has 0 atom stereocenters. The largest absolute Gasteiger partial charge is 0.0965 e. The van der Waals surface area contributed by atoms with Crippen LogP contribution in [0.1, 0.15) is 11.1 Å². The molecule has 0 spiro atoms. The first-order valence-corrected chi connectivity index (χ1v) is 15.8. The number of benzene rings is 2. The molecule has 1 aliphatic heterocycles. The summed E-state index contributed by atoms with van der Waals surface area (Å²) in [4.78, 5) is 0. The van der Waals surface area contributed by atoms with Crippen LogP contribution in [0.2, 0.25) is 0 Å². The zero-order chi connectivity index (χ0) is 14.4. The van der Waals surface area contributed by atoms with Gasteiger partial charge in [0, 0.05) is 10.6 Å². The molecule has 0 saturated carbocycles. The fourth-order valence-corrected chi connectivity index (χ4v) is 44.2. The average Bonchev–Trinajstić information content (AvgIpc) is 2.38. The van der Waals surface area contributed by atoms with Crippen LogP contribution in [0.5, 0.6) is 0 Å². The first-order valence-electron chi connectivity index (χ1n) is 6.19. The van der Waals surface area contributed by atoms with E-state index in [0.717, 1.165) is 0 Å². The van der Waals surface area contributed by atoms with Gasteiger partial charge >= 0.3 is 0 Å². The Morgan fingerprint density at radius 3 is 1.25 bits per heavy atom. The van der Waals surface area contributed by atoms with Crippen LogP contribution >= 0.6 is 30.9 Å². The van der Waals surface area contributed by atoms with Crippen LogP contribution in [0.25, 0.3) is 0 Å². The van der Waals surface area contributed by atoms with Gasteiger partial charge in [0.25, 0.3) is 0 Å². The predicted octanol–water partition coefficient (Wildman–Crippen LogP) is 5.35. The van der Waals surface area contributed by atoms with Crippen molar-refractivity contribution in [1.29, 1.82) is 0 Å². The van der Waals surface area contributed by atoms with Crippen LogP contribution < -0.4 is 10.6 Å². The summed E-state index contributed by atoms with van der Waals surface area (Å²) < 4.78 is -3.10. The third kappa shape index (κ3) is 2.84. The second-order valence-corrected chi connectivity index (χ2v) is 26.1. The molecule has 0 nitrogen and oxygen atoms in total. The molecule has 0 aromatic heterocycles. The Bertz CT molecular complexity index is 657. The van der Waals surface area contributed by atoms with Crippen molar-refractivity contribution in [2.75, 3.05) is 0 Å². The molecule has 1 saturated heterocycles. The molecule has 2 aromatic rings. The molecule has 0 aliphatic carbocycles. The summed E-state index contributed by atoms with van der Waals surface area (Å²) in [7, 11) is 0. The third-order valence-corrected chi connectivity index (χ3v) is 34.4. The molecular weight excluding hydrogens is 358 g/mol. The third-order valence-electron chi connectivity index (χ3n) is 3.13. The van der Waals surface area contributed by atoms with E-state index in [-0.39, 0.29) is 0 Å². The molecule has 104 valence electrons. The molecule has 0 amide bonds. The molecule has 3 rings (SSSR count). The van der Waals surface area contributed by atoms with Crippen LogP contribution in [0.4, 0.5) is 0 Å². The van der Waals surface area contributed by atoms with Gasteiger partial charge in [-0.25, -0.2) is 0 Å². The molecule has 6 heteroatoms. The fourth-order valence-electron chi connectivity index (χ4n) is 1.93. The van der Waals surface area contributed by atoms with Gasteiger partial charge in [-0.3, -0.25) is 0 Å². The predicted molar refractivity (Wildman–Crippen MR) is 105 cm³/mol. The summed E-state index contributed by atoms with van der Waals surface area (Å²) in [5, 5.41) is 2.61. The van der Waals surface area contributed by atoms with Crippen molar-refractivity contribution in [3.63, 3.8) is 0 Å². The molecule has 0 N–H and O–H groups in total. The van der Waals surface area contributed by atoms with Crippen molar-refractivity contribution in [3.8, 4) is 0 Å². The molecule has 2 aromatic carbocycles. The van der Waals surface area contributed by atoms with E-state index in [2.05, 4.69) is 62.4 Å². The summed E-state index contributed by atoms with van der Waals surface area (Å²) in [6, 6.07) is 17.3. The topological polar surface area (TPSA) is 0 Å². The van der Waals surface area contributed by atoms with Gasteiger partial charge in [-0.15, -0.1) is 0 Å². The Hall–Kier alpha value is 0.440. The molecule has 1 fully saturated rings. The number of hydrogen-bond acceptors (Lipinski definition) is 4. The van der Waals surface area contributed by atoms with Gasteiger partial charge < -0.3 is 0 Å². The average molecular weight is 372 g/mol. The number of rotatable bonds is 2. The minimum absolute atomic E-state index is 1.28. The van der Waals surface area contributed by atoms with Crippen molar-refractivity contribution in [2.45, 2.75) is 13.8 Å². The van der Waals surface area contributed by atoms with Crippen molar-refractivity contribution < 1.29 is 0 Å². The van der Waals surface area contributed by atoms with Crippen LogP contribution in [0.15, 0.2) is 48.5 Å². The maximum Gasteiger partial charge on any atom is 0.0965 e. The number of hydrogen-bond donors (Lipinski definition) is 0. The van der Waals surface area contributed by atoms with Crippen LogP contribution in [-0.4, -0.2) is 0 Å². The van der Waals surface area contributed by atoms with Crippen molar-refractivity contribution in [3.05, 3.63) is 59.7 Å². The van der Waals surface area contributed by atoms with E-state index in [0.29, 0.717) is 0 Å². The van der Waals surface area contributed by atoms with E-state index in [4.69, 9.17) is 23.6 Å². The van der Waals surface area contributed by atoms with Gasteiger partial charge in [-0.2, -0.15) is 0 Å². The summed E-state index contributed by atoms with van der Waals surface area (Å²) in [6.45, 7) is 4.21. The van der Waals surface area contributed by atoms with E-state index in [1.807, 2.05) is 22.0 Å². The Labute approximate surface area is 138 Å². The number of aryl methyl sites for hydroxylation is 2. The van der Waals surface area contributed by atoms with Gasteiger partial charge in [-0.05, 0) is 13.8 Å². The fraction of sp³-hybridized carbons (Fsp3) is 0.143. The molecule has 1 heterocycles. The highest BCUT2D eigenvalue weighted by molar-refractivity contribution is 9.48. The quantitative estimate of drug-likeness (QED) is 0.651. The van der Waals surface area contributed by atoms with Gasteiger partial charge in [-0.1, -0.05) is 105 Å². The highest BCUT2D eigenvalue weighted by atomic mass is 33.7. The zero-order valence-electron chi connectivity index (χ0n) is 11.1. The highest BCUT2D eigenvalue weighted by Gasteiger charge is 2.45. The molecule has 0 bridgehead atoms. The monoisotopic (exact) mass is 372 g/mol. The minimum atomic E-state index is -1.55. The van der Waals surface area contributed by atoms with E-state index < -0.39 is 8.88 Å². The van der Waals surface area contributed by atoms with E-state index in [1.165, 1.54) is 21.7 Å². The van der Waals surface area contributed by atoms with E-state index in [9.17, 15) is 0 Å². The van der Waals surface area contributed by atoms with E-state index in [1.54, 1.807) is 0 Å². The summed E-state index contributed by atoms with van der Waals surface area (Å²) in [5.41, 5.74) is 2.56.